The molecule has 0 fully saturated rings. The fourth-order valence-electron chi connectivity index (χ4n) is 1.38. The molecule has 0 bridgehead atoms. The molecule has 3 nitrogen and oxygen atoms in total. The lowest BCUT2D eigenvalue weighted by Gasteiger charge is -2.10. The van der Waals surface area contributed by atoms with Gasteiger partial charge in [0.25, 0.3) is 0 Å². The van der Waals surface area contributed by atoms with E-state index in [0.29, 0.717) is 23.2 Å². The van der Waals surface area contributed by atoms with Crippen LogP contribution in [0.15, 0.2) is 24.3 Å². The monoisotopic (exact) mass is 282 g/mol. The van der Waals surface area contributed by atoms with Gasteiger partial charge in [0.1, 0.15) is 4.99 Å². The van der Waals surface area contributed by atoms with Crippen LogP contribution >= 0.6 is 24.0 Å². The molecule has 1 rings (SSSR count). The summed E-state index contributed by atoms with van der Waals surface area (Å²) in [6.07, 6.45) is 2.42. The molecular weight excluding hydrogens is 264 g/mol. The average molecular weight is 282 g/mol. The minimum atomic E-state index is 0.0407. The van der Waals surface area contributed by atoms with E-state index < -0.39 is 0 Å². The fraction of sp³-hybridized carbons (Fsp3) is 0.385. The van der Waals surface area contributed by atoms with Crippen molar-refractivity contribution in [2.75, 3.05) is 12.8 Å². The number of nitrogens with two attached hydrogens (primary N) is 1. The van der Waals surface area contributed by atoms with E-state index in [4.69, 9.17) is 18.0 Å². The third-order valence-corrected chi connectivity index (χ3v) is 3.80. The lowest BCUT2D eigenvalue weighted by atomic mass is 10.1. The molecule has 0 aliphatic carbocycles. The smallest absolute Gasteiger partial charge is 0.224 e. The normalized spacial score (nSPS) is 11.9. The highest BCUT2D eigenvalue weighted by Gasteiger charge is 2.06. The minimum Gasteiger partial charge on any atom is -0.389 e. The molecule has 5 heteroatoms. The van der Waals surface area contributed by atoms with Crippen LogP contribution in [0.2, 0.25) is 0 Å². The molecule has 0 aliphatic rings. The number of carbonyl (C=O) groups is 1. The van der Waals surface area contributed by atoms with Crippen LogP contribution in [0.3, 0.4) is 0 Å². The van der Waals surface area contributed by atoms with Crippen LogP contribution in [0.1, 0.15) is 18.1 Å². The summed E-state index contributed by atoms with van der Waals surface area (Å²) in [4.78, 5) is 12.1. The van der Waals surface area contributed by atoms with Gasteiger partial charge in [-0.25, -0.2) is 0 Å². The van der Waals surface area contributed by atoms with Crippen molar-refractivity contribution < 1.29 is 4.79 Å². The largest absolute Gasteiger partial charge is 0.389 e. The third-order valence-electron chi connectivity index (χ3n) is 2.59. The van der Waals surface area contributed by atoms with Crippen LogP contribution < -0.4 is 11.1 Å². The Morgan fingerprint density at radius 2 is 2.06 bits per heavy atom. The molecule has 0 saturated carbocycles. The number of rotatable bonds is 6. The molecule has 1 aromatic carbocycles. The van der Waals surface area contributed by atoms with Crippen LogP contribution in [0, 0.1) is 0 Å². The molecule has 0 radical (unpaired) electrons. The van der Waals surface area contributed by atoms with Crippen LogP contribution in [-0.4, -0.2) is 28.9 Å². The lowest BCUT2D eigenvalue weighted by molar-refractivity contribution is -0.120. The molecular formula is C13H18N2OS2. The van der Waals surface area contributed by atoms with Crippen LogP contribution in [0.5, 0.6) is 0 Å². The van der Waals surface area contributed by atoms with E-state index >= 15 is 0 Å². The summed E-state index contributed by atoms with van der Waals surface area (Å²) in [7, 11) is 0. The van der Waals surface area contributed by atoms with Crippen molar-refractivity contribution >= 4 is 34.9 Å². The van der Waals surface area contributed by atoms with Crippen molar-refractivity contribution in [3.8, 4) is 0 Å². The van der Waals surface area contributed by atoms with Crippen LogP contribution in [0.4, 0.5) is 0 Å². The van der Waals surface area contributed by atoms with Crippen molar-refractivity contribution in [2.24, 2.45) is 5.73 Å². The Bertz CT molecular complexity index is 418. The summed E-state index contributed by atoms with van der Waals surface area (Å²) < 4.78 is 0. The number of hydrogen-bond acceptors (Lipinski definition) is 3. The van der Waals surface area contributed by atoms with Gasteiger partial charge in [-0.05, 0) is 11.8 Å². The minimum absolute atomic E-state index is 0.0407. The van der Waals surface area contributed by atoms with Gasteiger partial charge in [0.2, 0.25) is 5.91 Å². The predicted octanol–water partition coefficient (Wildman–Crippen LogP) is 1.73. The Kier molecular flexibility index (Phi) is 6.15. The van der Waals surface area contributed by atoms with E-state index in [0.717, 1.165) is 11.1 Å². The van der Waals surface area contributed by atoms with Gasteiger partial charge in [-0.2, -0.15) is 11.8 Å². The highest BCUT2D eigenvalue weighted by molar-refractivity contribution is 7.99. The molecule has 1 aromatic rings. The Hall–Kier alpha value is -1.07. The first kappa shape index (κ1) is 15.0. The SMILES string of the molecule is CSC(C)CNC(=O)Cc1ccc(C(N)=S)cc1. The quantitative estimate of drug-likeness (QED) is 0.780. The van der Waals surface area contributed by atoms with E-state index in [-0.39, 0.29) is 5.91 Å². The molecule has 1 amide bonds. The molecule has 0 saturated heterocycles. The van der Waals surface area contributed by atoms with Gasteiger partial charge in [-0.15, -0.1) is 0 Å². The van der Waals surface area contributed by atoms with Gasteiger partial charge in [-0.3, -0.25) is 4.79 Å². The van der Waals surface area contributed by atoms with E-state index in [1.165, 1.54) is 0 Å². The number of nitrogens with one attached hydrogen (secondary N) is 1. The summed E-state index contributed by atoms with van der Waals surface area (Å²) in [6, 6.07) is 7.45. The summed E-state index contributed by atoms with van der Waals surface area (Å²) in [5.74, 6) is 0.0407. The zero-order valence-electron chi connectivity index (χ0n) is 10.6. The summed E-state index contributed by atoms with van der Waals surface area (Å²) >= 11 is 6.61. The molecule has 3 N–H and O–H groups in total. The summed E-state index contributed by atoms with van der Waals surface area (Å²) in [6.45, 7) is 2.78. The van der Waals surface area contributed by atoms with Crippen LogP contribution in [0.25, 0.3) is 0 Å². The zero-order valence-corrected chi connectivity index (χ0v) is 12.2. The van der Waals surface area contributed by atoms with E-state index in [9.17, 15) is 4.79 Å². The first-order chi connectivity index (χ1) is 8.52. The number of amides is 1. The first-order valence-corrected chi connectivity index (χ1v) is 7.40. The molecule has 0 heterocycles. The molecule has 0 aliphatic heterocycles. The van der Waals surface area contributed by atoms with Gasteiger partial charge in [-0.1, -0.05) is 43.4 Å². The molecule has 1 unspecified atom stereocenters. The molecule has 0 spiro atoms. The Balaban J connectivity index is 2.47. The third kappa shape index (κ3) is 5.06. The Morgan fingerprint density at radius 3 is 2.56 bits per heavy atom. The molecule has 0 aromatic heterocycles. The fourth-order valence-corrected chi connectivity index (χ4v) is 1.76. The maximum Gasteiger partial charge on any atom is 0.224 e. The van der Waals surface area contributed by atoms with Gasteiger partial charge in [0.05, 0.1) is 6.42 Å². The Labute approximate surface area is 118 Å². The second-order valence-electron chi connectivity index (χ2n) is 4.09. The lowest BCUT2D eigenvalue weighted by Crippen LogP contribution is -2.30. The Morgan fingerprint density at radius 1 is 1.44 bits per heavy atom. The van der Waals surface area contributed by atoms with E-state index in [1.54, 1.807) is 11.8 Å². The average Bonchev–Trinajstić information content (AvgIpc) is 2.36. The zero-order chi connectivity index (χ0) is 13.5. The maximum absolute atomic E-state index is 11.7. The van der Waals surface area contributed by atoms with E-state index in [2.05, 4.69) is 12.2 Å². The predicted molar refractivity (Wildman–Crippen MR) is 82.0 cm³/mol. The van der Waals surface area contributed by atoms with Crippen molar-refractivity contribution in [1.29, 1.82) is 0 Å². The standard InChI is InChI=1S/C13H18N2OS2/c1-9(18-2)8-15-12(16)7-10-3-5-11(6-4-10)13(14)17/h3-6,9H,7-8H2,1-2H3,(H2,14,17)(H,15,16). The van der Waals surface area contributed by atoms with Gasteiger partial charge in [0, 0.05) is 17.4 Å². The summed E-state index contributed by atoms with van der Waals surface area (Å²) in [5, 5.41) is 3.35. The topological polar surface area (TPSA) is 55.1 Å². The van der Waals surface area contributed by atoms with Gasteiger partial charge >= 0.3 is 0 Å². The molecule has 18 heavy (non-hydrogen) atoms. The van der Waals surface area contributed by atoms with E-state index in [1.807, 2.05) is 30.5 Å². The van der Waals surface area contributed by atoms with Crippen LogP contribution in [-0.2, 0) is 11.2 Å². The number of carbonyl (C=O) groups excluding carboxylic acids is 1. The second kappa shape index (κ2) is 7.38. The number of thiocarbonyl (C=S) groups is 1. The number of thioether (sulfide) groups is 1. The summed E-state index contributed by atoms with van der Waals surface area (Å²) in [5.41, 5.74) is 7.30. The van der Waals surface area contributed by atoms with Crippen molar-refractivity contribution in [1.82, 2.24) is 5.32 Å². The molecule has 98 valence electrons. The van der Waals surface area contributed by atoms with Crippen molar-refractivity contribution in [3.05, 3.63) is 35.4 Å². The molecule has 1 atom stereocenters. The maximum atomic E-state index is 11.7. The highest BCUT2D eigenvalue weighted by Crippen LogP contribution is 2.06. The van der Waals surface area contributed by atoms with Gasteiger partial charge < -0.3 is 11.1 Å². The number of benzene rings is 1. The van der Waals surface area contributed by atoms with Crippen molar-refractivity contribution in [3.63, 3.8) is 0 Å². The van der Waals surface area contributed by atoms with Gasteiger partial charge in [0.15, 0.2) is 0 Å². The number of hydrogen-bond donors (Lipinski definition) is 2. The second-order valence-corrected chi connectivity index (χ2v) is 5.80. The highest BCUT2D eigenvalue weighted by atomic mass is 32.2. The first-order valence-electron chi connectivity index (χ1n) is 5.71. The van der Waals surface area contributed by atoms with Crippen molar-refractivity contribution in [2.45, 2.75) is 18.6 Å².